The molecule has 0 fully saturated rings. The predicted octanol–water partition coefficient (Wildman–Crippen LogP) is 0.591. The molecule has 0 bridgehead atoms. The molecule has 5 N–H and O–H groups in total. The van der Waals surface area contributed by atoms with Crippen LogP contribution in [0.2, 0.25) is 0 Å². The van der Waals surface area contributed by atoms with Crippen molar-refractivity contribution in [2.75, 3.05) is 19.4 Å². The smallest absolute Gasteiger partial charge is 0.407 e. The number of aliphatic hydroxyl groups excluding tert-OH is 2. The molecule has 22 heavy (non-hydrogen) atoms. The van der Waals surface area contributed by atoms with E-state index >= 15 is 0 Å². The molecule has 0 saturated carbocycles. The molecule has 0 aliphatic rings. The number of pyridine rings is 1. The van der Waals surface area contributed by atoms with Crippen LogP contribution in [-0.2, 0) is 4.74 Å². The Morgan fingerprint density at radius 1 is 1.41 bits per heavy atom. The monoisotopic (exact) mass is 313 g/mol. The van der Waals surface area contributed by atoms with E-state index in [0.717, 1.165) is 0 Å². The van der Waals surface area contributed by atoms with Crippen LogP contribution in [0.25, 0.3) is 0 Å². The van der Waals surface area contributed by atoms with Crippen molar-refractivity contribution in [2.45, 2.75) is 38.6 Å². The maximum atomic E-state index is 11.5. The molecule has 0 aliphatic carbocycles. The Hall–Kier alpha value is -2.06. The fraction of sp³-hybridized carbons (Fsp3) is 0.571. The first-order chi connectivity index (χ1) is 10.1. The lowest BCUT2D eigenvalue weighted by atomic mass is 10.1. The summed E-state index contributed by atoms with van der Waals surface area (Å²) in [5.41, 5.74) is 5.49. The Labute approximate surface area is 129 Å². The number of ether oxygens (including phenoxy) is 2. The molecule has 0 aliphatic heterocycles. The van der Waals surface area contributed by atoms with Gasteiger partial charge in [0.1, 0.15) is 17.8 Å². The Morgan fingerprint density at radius 3 is 2.59 bits per heavy atom. The Balaban J connectivity index is 2.62. The van der Waals surface area contributed by atoms with Crippen molar-refractivity contribution in [2.24, 2.45) is 0 Å². The van der Waals surface area contributed by atoms with Gasteiger partial charge in [0, 0.05) is 6.54 Å². The number of nitrogens with zero attached hydrogens (tertiary/aromatic N) is 1. The minimum Gasteiger partial charge on any atom is -0.480 e. The molecule has 0 radical (unpaired) electrons. The predicted molar refractivity (Wildman–Crippen MR) is 80.4 cm³/mol. The van der Waals surface area contributed by atoms with Gasteiger partial charge in [-0.05, 0) is 32.9 Å². The number of nitrogens with two attached hydrogens (primary N) is 1. The summed E-state index contributed by atoms with van der Waals surface area (Å²) in [6, 6.07) is 2.98. The van der Waals surface area contributed by atoms with Gasteiger partial charge in [-0.2, -0.15) is 0 Å². The van der Waals surface area contributed by atoms with Crippen molar-refractivity contribution in [3.05, 3.63) is 17.8 Å². The first-order valence-electron chi connectivity index (χ1n) is 6.77. The largest absolute Gasteiger partial charge is 0.480 e. The van der Waals surface area contributed by atoms with Crippen LogP contribution in [0.3, 0.4) is 0 Å². The molecule has 8 heteroatoms. The number of methoxy groups -OCH3 is 1. The number of anilines is 1. The maximum absolute atomic E-state index is 11.5. The molecule has 0 saturated heterocycles. The average Bonchev–Trinajstić information content (AvgIpc) is 2.42. The molecular formula is C14H23N3O5. The summed E-state index contributed by atoms with van der Waals surface area (Å²) >= 11 is 0. The maximum Gasteiger partial charge on any atom is 0.407 e. The SMILES string of the molecule is COc1nc(C(O)C(O)CNC(=O)OC(C)(C)C)ccc1N. The minimum absolute atomic E-state index is 0.156. The normalized spacial score (nSPS) is 14.1. The summed E-state index contributed by atoms with van der Waals surface area (Å²) < 4.78 is 9.98. The highest BCUT2D eigenvalue weighted by atomic mass is 16.6. The second kappa shape index (κ2) is 7.28. The van der Waals surface area contributed by atoms with E-state index in [1.54, 1.807) is 20.8 Å². The lowest BCUT2D eigenvalue weighted by Crippen LogP contribution is -2.39. The van der Waals surface area contributed by atoms with E-state index in [9.17, 15) is 15.0 Å². The number of aromatic nitrogens is 1. The second-order valence-corrected chi connectivity index (χ2v) is 5.73. The number of hydrogen-bond acceptors (Lipinski definition) is 7. The minimum atomic E-state index is -1.30. The summed E-state index contributed by atoms with van der Waals surface area (Å²) in [5, 5.41) is 22.3. The number of hydrogen-bond donors (Lipinski definition) is 4. The van der Waals surface area contributed by atoms with Gasteiger partial charge in [-0.25, -0.2) is 9.78 Å². The average molecular weight is 313 g/mol. The van der Waals surface area contributed by atoms with Crippen LogP contribution in [0.1, 0.15) is 32.6 Å². The zero-order chi connectivity index (χ0) is 16.9. The topological polar surface area (TPSA) is 127 Å². The standard InChI is InChI=1S/C14H23N3O5/c1-14(2,3)22-13(20)16-7-10(18)11(19)9-6-5-8(15)12(17-9)21-4/h5-6,10-11,18-19H,7,15H2,1-4H3,(H,16,20). The molecule has 1 rings (SSSR count). The van der Waals surface area contributed by atoms with E-state index in [-0.39, 0.29) is 18.1 Å². The number of carbonyl (C=O) groups excluding carboxylic acids is 1. The van der Waals surface area contributed by atoms with Crippen molar-refractivity contribution in [3.8, 4) is 5.88 Å². The highest BCUT2D eigenvalue weighted by Crippen LogP contribution is 2.22. The third-order valence-corrected chi connectivity index (χ3v) is 2.63. The molecule has 1 amide bonds. The van der Waals surface area contributed by atoms with E-state index < -0.39 is 23.9 Å². The number of nitrogen functional groups attached to an aromatic ring is 1. The van der Waals surface area contributed by atoms with Crippen molar-refractivity contribution in [1.29, 1.82) is 0 Å². The molecule has 1 heterocycles. The van der Waals surface area contributed by atoms with Crippen LogP contribution < -0.4 is 15.8 Å². The van der Waals surface area contributed by atoms with Gasteiger partial charge >= 0.3 is 6.09 Å². The fourth-order valence-corrected chi connectivity index (χ4v) is 1.60. The zero-order valence-corrected chi connectivity index (χ0v) is 13.2. The molecule has 8 nitrogen and oxygen atoms in total. The Bertz CT molecular complexity index is 516. The molecule has 2 atom stereocenters. The number of alkyl carbamates (subject to hydrolysis) is 1. The zero-order valence-electron chi connectivity index (χ0n) is 13.2. The van der Waals surface area contributed by atoms with E-state index in [1.165, 1.54) is 19.2 Å². The lowest BCUT2D eigenvalue weighted by Gasteiger charge is -2.22. The summed E-state index contributed by atoms with van der Waals surface area (Å²) in [6.07, 6.45) is -3.24. The van der Waals surface area contributed by atoms with Gasteiger partial charge in [0.25, 0.3) is 0 Å². The van der Waals surface area contributed by atoms with Crippen LogP contribution in [-0.4, -0.2) is 46.6 Å². The van der Waals surface area contributed by atoms with Gasteiger partial charge in [0.05, 0.1) is 18.5 Å². The van der Waals surface area contributed by atoms with Crippen molar-refractivity contribution in [1.82, 2.24) is 10.3 Å². The fourth-order valence-electron chi connectivity index (χ4n) is 1.60. The quantitative estimate of drug-likeness (QED) is 0.626. The molecule has 0 aromatic carbocycles. The molecule has 124 valence electrons. The molecular weight excluding hydrogens is 290 g/mol. The summed E-state index contributed by atoms with van der Waals surface area (Å²) in [4.78, 5) is 15.5. The Kier molecular flexibility index (Phi) is 5.95. The van der Waals surface area contributed by atoms with Gasteiger partial charge in [0.2, 0.25) is 5.88 Å². The van der Waals surface area contributed by atoms with Crippen molar-refractivity contribution < 1.29 is 24.5 Å². The third kappa shape index (κ3) is 5.38. The second-order valence-electron chi connectivity index (χ2n) is 5.73. The number of carbonyl (C=O) groups is 1. The number of amides is 1. The highest BCUT2D eigenvalue weighted by Gasteiger charge is 2.23. The van der Waals surface area contributed by atoms with Gasteiger partial charge in [-0.1, -0.05) is 0 Å². The van der Waals surface area contributed by atoms with Gasteiger partial charge in [0.15, 0.2) is 0 Å². The first kappa shape index (κ1) is 18.0. The first-order valence-corrected chi connectivity index (χ1v) is 6.77. The van der Waals surface area contributed by atoms with E-state index in [0.29, 0.717) is 5.69 Å². The van der Waals surface area contributed by atoms with E-state index in [4.69, 9.17) is 15.2 Å². The van der Waals surface area contributed by atoms with E-state index in [1.807, 2.05) is 0 Å². The molecule has 1 aromatic heterocycles. The number of nitrogens with one attached hydrogen (secondary N) is 1. The molecule has 1 aromatic rings. The number of rotatable bonds is 5. The summed E-state index contributed by atoms with van der Waals surface area (Å²) in [6.45, 7) is 4.98. The number of aliphatic hydroxyl groups is 2. The molecule has 0 spiro atoms. The summed E-state index contributed by atoms with van der Waals surface area (Å²) in [5.74, 6) is 0.156. The molecule has 2 unspecified atom stereocenters. The van der Waals surface area contributed by atoms with Crippen LogP contribution in [0.5, 0.6) is 5.88 Å². The van der Waals surface area contributed by atoms with E-state index in [2.05, 4.69) is 10.3 Å². The van der Waals surface area contributed by atoms with Crippen molar-refractivity contribution >= 4 is 11.8 Å². The van der Waals surface area contributed by atoms with Gasteiger partial charge < -0.3 is 30.7 Å². The lowest BCUT2D eigenvalue weighted by molar-refractivity contribution is 0.0107. The van der Waals surface area contributed by atoms with Crippen LogP contribution in [0, 0.1) is 0 Å². The summed E-state index contributed by atoms with van der Waals surface area (Å²) in [7, 11) is 1.40. The van der Waals surface area contributed by atoms with Gasteiger partial charge in [-0.3, -0.25) is 0 Å². The van der Waals surface area contributed by atoms with Gasteiger partial charge in [-0.15, -0.1) is 0 Å². The van der Waals surface area contributed by atoms with Crippen LogP contribution in [0.4, 0.5) is 10.5 Å². The third-order valence-electron chi connectivity index (χ3n) is 2.63. The van der Waals surface area contributed by atoms with Crippen molar-refractivity contribution in [3.63, 3.8) is 0 Å². The van der Waals surface area contributed by atoms with Crippen LogP contribution >= 0.6 is 0 Å². The highest BCUT2D eigenvalue weighted by molar-refractivity contribution is 5.67. The Morgan fingerprint density at radius 2 is 2.05 bits per heavy atom. The van der Waals surface area contributed by atoms with Crippen LogP contribution in [0.15, 0.2) is 12.1 Å².